The van der Waals surface area contributed by atoms with Crippen LogP contribution in [0.3, 0.4) is 0 Å². The quantitative estimate of drug-likeness (QED) is 0.906. The Balaban J connectivity index is 2.69. The van der Waals surface area contributed by atoms with Crippen LogP contribution in [0, 0.1) is 0 Å². The van der Waals surface area contributed by atoms with Crippen molar-refractivity contribution in [3.05, 3.63) is 40.7 Å². The van der Waals surface area contributed by atoms with E-state index in [1.807, 2.05) is 13.8 Å². The fourth-order valence-corrected chi connectivity index (χ4v) is 2.10. The van der Waals surface area contributed by atoms with Gasteiger partial charge in [0.05, 0.1) is 11.9 Å². The highest BCUT2D eigenvalue weighted by Gasteiger charge is 2.21. The summed E-state index contributed by atoms with van der Waals surface area (Å²) in [6.45, 7) is 3.73. The Hall–Kier alpha value is -2.01. The number of phenols is 1. The monoisotopic (exact) mass is 280 g/mol. The van der Waals surface area contributed by atoms with E-state index in [9.17, 15) is 9.90 Å². The van der Waals surface area contributed by atoms with Crippen molar-refractivity contribution < 1.29 is 15.0 Å². The molecule has 0 aliphatic rings. The van der Waals surface area contributed by atoms with Crippen LogP contribution in [0.25, 0.3) is 5.69 Å². The highest BCUT2D eigenvalue weighted by Crippen LogP contribution is 2.29. The molecule has 0 atom stereocenters. The minimum atomic E-state index is -1.04. The number of aromatic nitrogens is 2. The van der Waals surface area contributed by atoms with Crippen molar-refractivity contribution in [2.24, 2.45) is 0 Å². The highest BCUT2D eigenvalue weighted by molar-refractivity contribution is 6.30. The average molecular weight is 281 g/mol. The molecule has 1 aromatic carbocycles. The molecule has 0 aliphatic carbocycles. The zero-order chi connectivity index (χ0) is 14.2. The first kappa shape index (κ1) is 13.4. The molecule has 100 valence electrons. The predicted octanol–water partition coefficient (Wildman–Crippen LogP) is 3.05. The molecule has 0 radical (unpaired) electrons. The first-order valence-electron chi connectivity index (χ1n) is 5.72. The molecule has 19 heavy (non-hydrogen) atoms. The van der Waals surface area contributed by atoms with Gasteiger partial charge in [0.25, 0.3) is 0 Å². The molecule has 2 N–H and O–H groups in total. The van der Waals surface area contributed by atoms with Gasteiger partial charge in [0, 0.05) is 5.02 Å². The van der Waals surface area contributed by atoms with E-state index in [0.29, 0.717) is 16.4 Å². The van der Waals surface area contributed by atoms with Gasteiger partial charge in [-0.15, -0.1) is 0 Å². The van der Waals surface area contributed by atoms with Gasteiger partial charge in [0.15, 0.2) is 0 Å². The molecular formula is C13H13ClN2O3. The molecule has 0 spiro atoms. The molecule has 0 saturated heterocycles. The van der Waals surface area contributed by atoms with Crippen molar-refractivity contribution >= 4 is 17.6 Å². The summed E-state index contributed by atoms with van der Waals surface area (Å²) >= 11 is 5.90. The van der Waals surface area contributed by atoms with Crippen LogP contribution in [-0.2, 0) is 0 Å². The zero-order valence-electron chi connectivity index (χ0n) is 10.5. The minimum Gasteiger partial charge on any atom is -0.506 e. The number of aromatic carboxylic acids is 1. The van der Waals surface area contributed by atoms with Gasteiger partial charge in [-0.2, -0.15) is 5.10 Å². The highest BCUT2D eigenvalue weighted by atomic mass is 35.5. The summed E-state index contributed by atoms with van der Waals surface area (Å²) < 4.78 is 1.41. The van der Waals surface area contributed by atoms with Gasteiger partial charge in [0.2, 0.25) is 0 Å². The van der Waals surface area contributed by atoms with Crippen molar-refractivity contribution in [2.75, 3.05) is 0 Å². The lowest BCUT2D eigenvalue weighted by atomic mass is 10.1. The molecule has 5 nitrogen and oxygen atoms in total. The van der Waals surface area contributed by atoms with E-state index in [0.717, 1.165) is 0 Å². The van der Waals surface area contributed by atoms with Crippen molar-refractivity contribution in [1.82, 2.24) is 9.78 Å². The molecule has 1 heterocycles. The molecule has 0 aliphatic heterocycles. The van der Waals surface area contributed by atoms with E-state index in [1.165, 1.54) is 16.9 Å². The second kappa shape index (κ2) is 4.93. The topological polar surface area (TPSA) is 75.3 Å². The Labute approximate surface area is 115 Å². The van der Waals surface area contributed by atoms with Crippen LogP contribution < -0.4 is 0 Å². The van der Waals surface area contributed by atoms with Crippen LogP contribution in [0.15, 0.2) is 24.4 Å². The fourth-order valence-electron chi connectivity index (χ4n) is 1.94. The van der Waals surface area contributed by atoms with E-state index < -0.39 is 5.97 Å². The summed E-state index contributed by atoms with van der Waals surface area (Å²) in [6, 6.07) is 4.54. The van der Waals surface area contributed by atoms with Crippen molar-refractivity contribution in [1.29, 1.82) is 0 Å². The second-order valence-electron chi connectivity index (χ2n) is 4.45. The average Bonchev–Trinajstić information content (AvgIpc) is 2.76. The van der Waals surface area contributed by atoms with Crippen LogP contribution >= 0.6 is 11.6 Å². The standard InChI is InChI=1S/C13H13ClN2O3/c1-7(2)12-9(13(18)19)6-15-16(12)10-5-8(14)3-4-11(10)17/h3-7,17H,1-2H3,(H,18,19). The number of carboxylic acids is 1. The Kier molecular flexibility index (Phi) is 3.48. The lowest BCUT2D eigenvalue weighted by Crippen LogP contribution is -2.08. The number of carbonyl (C=O) groups is 1. The number of benzene rings is 1. The number of hydrogen-bond donors (Lipinski definition) is 2. The SMILES string of the molecule is CC(C)c1c(C(=O)O)cnn1-c1cc(Cl)ccc1O. The van der Waals surface area contributed by atoms with Crippen LogP contribution in [0.5, 0.6) is 5.75 Å². The van der Waals surface area contributed by atoms with Crippen LogP contribution in [0.2, 0.25) is 5.02 Å². The minimum absolute atomic E-state index is 0.00802. The molecule has 1 aromatic heterocycles. The van der Waals surface area contributed by atoms with E-state index in [1.54, 1.807) is 12.1 Å². The third kappa shape index (κ3) is 2.42. The maximum Gasteiger partial charge on any atom is 0.339 e. The van der Waals surface area contributed by atoms with E-state index in [2.05, 4.69) is 5.10 Å². The van der Waals surface area contributed by atoms with Gasteiger partial charge in [-0.25, -0.2) is 9.48 Å². The molecule has 0 unspecified atom stereocenters. The first-order chi connectivity index (χ1) is 8.91. The van der Waals surface area contributed by atoms with Crippen molar-refractivity contribution in [3.8, 4) is 11.4 Å². The number of hydrogen-bond acceptors (Lipinski definition) is 3. The predicted molar refractivity (Wildman–Crippen MR) is 71.3 cm³/mol. The largest absolute Gasteiger partial charge is 0.506 e. The van der Waals surface area contributed by atoms with Gasteiger partial charge in [-0.3, -0.25) is 0 Å². The number of rotatable bonds is 3. The van der Waals surface area contributed by atoms with Gasteiger partial charge in [-0.1, -0.05) is 25.4 Å². The van der Waals surface area contributed by atoms with Crippen LogP contribution in [0.1, 0.15) is 35.8 Å². The number of phenolic OH excluding ortho intramolecular Hbond substituents is 1. The van der Waals surface area contributed by atoms with Crippen molar-refractivity contribution in [3.63, 3.8) is 0 Å². The molecule has 0 fully saturated rings. The van der Waals surface area contributed by atoms with Gasteiger partial charge in [-0.05, 0) is 24.1 Å². The van der Waals surface area contributed by atoms with E-state index >= 15 is 0 Å². The molecule has 0 bridgehead atoms. The first-order valence-corrected chi connectivity index (χ1v) is 6.09. The van der Waals surface area contributed by atoms with Crippen LogP contribution in [0.4, 0.5) is 0 Å². The van der Waals surface area contributed by atoms with Crippen LogP contribution in [-0.4, -0.2) is 26.0 Å². The maximum atomic E-state index is 11.2. The van der Waals surface area contributed by atoms with Gasteiger partial charge in [0.1, 0.15) is 17.0 Å². The lowest BCUT2D eigenvalue weighted by Gasteiger charge is -2.13. The summed E-state index contributed by atoms with van der Waals surface area (Å²) in [5.74, 6) is -1.12. The number of halogens is 1. The Bertz CT molecular complexity index is 635. The molecule has 2 rings (SSSR count). The smallest absolute Gasteiger partial charge is 0.339 e. The zero-order valence-corrected chi connectivity index (χ0v) is 11.2. The number of carboxylic acid groups (broad SMARTS) is 1. The maximum absolute atomic E-state index is 11.2. The second-order valence-corrected chi connectivity index (χ2v) is 4.88. The molecular weight excluding hydrogens is 268 g/mol. The Morgan fingerprint density at radius 1 is 1.42 bits per heavy atom. The summed E-state index contributed by atoms with van der Waals surface area (Å²) in [5.41, 5.74) is 1.00. The van der Waals surface area contributed by atoms with E-state index in [4.69, 9.17) is 16.7 Å². The summed E-state index contributed by atoms with van der Waals surface area (Å²) in [7, 11) is 0. The van der Waals surface area contributed by atoms with Crippen molar-refractivity contribution in [2.45, 2.75) is 19.8 Å². The van der Waals surface area contributed by atoms with Gasteiger partial charge < -0.3 is 10.2 Å². The molecule has 0 saturated carbocycles. The Morgan fingerprint density at radius 2 is 2.11 bits per heavy atom. The van der Waals surface area contributed by atoms with E-state index in [-0.39, 0.29) is 17.2 Å². The number of aromatic hydroxyl groups is 1. The summed E-state index contributed by atoms with van der Waals surface area (Å²) in [5, 5.41) is 23.5. The molecule has 2 aromatic rings. The lowest BCUT2D eigenvalue weighted by molar-refractivity contribution is 0.0695. The number of nitrogens with zero attached hydrogens (tertiary/aromatic N) is 2. The summed E-state index contributed by atoms with van der Waals surface area (Å²) in [4.78, 5) is 11.2. The summed E-state index contributed by atoms with van der Waals surface area (Å²) in [6.07, 6.45) is 1.28. The third-order valence-corrected chi connectivity index (χ3v) is 2.98. The normalized spacial score (nSPS) is 10.9. The third-order valence-electron chi connectivity index (χ3n) is 2.75. The molecule has 6 heteroatoms. The fraction of sp³-hybridized carbons (Fsp3) is 0.231. The Morgan fingerprint density at radius 3 is 2.68 bits per heavy atom. The van der Waals surface area contributed by atoms with Gasteiger partial charge >= 0.3 is 5.97 Å². The molecule has 0 amide bonds.